The highest BCUT2D eigenvalue weighted by Gasteiger charge is 2.45. The van der Waals surface area contributed by atoms with E-state index in [9.17, 15) is 4.79 Å². The van der Waals surface area contributed by atoms with Crippen LogP contribution in [0, 0.1) is 5.92 Å². The zero-order chi connectivity index (χ0) is 14.4. The lowest BCUT2D eigenvalue weighted by molar-refractivity contribution is 0.00802. The molecule has 110 valence electrons. The number of rotatable bonds is 3. The number of carbonyl (C=O) groups is 1. The second-order valence-electron chi connectivity index (χ2n) is 6.06. The van der Waals surface area contributed by atoms with Crippen molar-refractivity contribution in [1.82, 2.24) is 10.3 Å². The van der Waals surface area contributed by atoms with Crippen LogP contribution >= 0.6 is 0 Å². The van der Waals surface area contributed by atoms with Crippen LogP contribution in [0.5, 0.6) is 0 Å². The number of aromatic nitrogens is 1. The van der Waals surface area contributed by atoms with Crippen LogP contribution in [-0.4, -0.2) is 29.6 Å². The number of aryl methyl sites for hydroxylation is 1. The lowest BCUT2D eigenvalue weighted by atomic mass is 9.76. The Bertz CT molecular complexity index is 691. The first-order valence-electron chi connectivity index (χ1n) is 7.80. The highest BCUT2D eigenvalue weighted by atomic mass is 16.5. The van der Waals surface area contributed by atoms with Crippen molar-refractivity contribution >= 4 is 16.8 Å². The number of fused-ring (bicyclic) bond motifs is 2. The van der Waals surface area contributed by atoms with Crippen LogP contribution in [0.25, 0.3) is 10.9 Å². The van der Waals surface area contributed by atoms with E-state index < -0.39 is 0 Å². The summed E-state index contributed by atoms with van der Waals surface area (Å²) in [6.07, 6.45) is 3.26. The molecule has 1 saturated carbocycles. The topological polar surface area (TPSA) is 54.1 Å². The third-order valence-electron chi connectivity index (χ3n) is 4.97. The molecule has 4 nitrogen and oxygen atoms in total. The van der Waals surface area contributed by atoms with Gasteiger partial charge in [0.25, 0.3) is 5.91 Å². The number of para-hydroxylation sites is 1. The average Bonchev–Trinajstić information content (AvgIpc) is 3.04. The van der Waals surface area contributed by atoms with Crippen molar-refractivity contribution in [3.05, 3.63) is 35.5 Å². The molecule has 2 N–H and O–H groups in total. The first kappa shape index (κ1) is 12.9. The second kappa shape index (κ2) is 4.88. The fraction of sp³-hybridized carbons (Fsp3) is 0.471. The van der Waals surface area contributed by atoms with Crippen molar-refractivity contribution in [2.45, 2.75) is 38.3 Å². The Hall–Kier alpha value is -1.81. The van der Waals surface area contributed by atoms with Gasteiger partial charge in [-0.2, -0.15) is 0 Å². The predicted molar refractivity (Wildman–Crippen MR) is 81.4 cm³/mol. The molecule has 2 fully saturated rings. The number of hydrogen-bond acceptors (Lipinski definition) is 2. The number of amides is 1. The van der Waals surface area contributed by atoms with Gasteiger partial charge in [0.15, 0.2) is 0 Å². The molecule has 0 spiro atoms. The Kier molecular flexibility index (Phi) is 3.00. The van der Waals surface area contributed by atoms with Crippen molar-refractivity contribution < 1.29 is 9.53 Å². The van der Waals surface area contributed by atoms with E-state index in [2.05, 4.69) is 23.3 Å². The van der Waals surface area contributed by atoms with E-state index in [-0.39, 0.29) is 11.9 Å². The van der Waals surface area contributed by atoms with E-state index in [1.165, 1.54) is 0 Å². The number of benzene rings is 1. The summed E-state index contributed by atoms with van der Waals surface area (Å²) in [5.74, 6) is 0.543. The number of H-pyrrole nitrogens is 1. The predicted octanol–water partition coefficient (Wildman–Crippen LogP) is 2.64. The summed E-state index contributed by atoms with van der Waals surface area (Å²) in [5.41, 5.74) is 2.87. The third kappa shape index (κ3) is 1.97. The largest absolute Gasteiger partial charge is 0.378 e. The fourth-order valence-electron chi connectivity index (χ4n) is 3.76. The Morgan fingerprint density at radius 2 is 2.29 bits per heavy atom. The van der Waals surface area contributed by atoms with E-state index in [1.807, 2.05) is 18.2 Å². The minimum Gasteiger partial charge on any atom is -0.378 e. The third-order valence-corrected chi connectivity index (χ3v) is 4.97. The molecule has 1 saturated heterocycles. The zero-order valence-corrected chi connectivity index (χ0v) is 12.2. The number of aromatic amines is 1. The Labute approximate surface area is 123 Å². The minimum absolute atomic E-state index is 0.0263. The van der Waals surface area contributed by atoms with Gasteiger partial charge >= 0.3 is 0 Å². The van der Waals surface area contributed by atoms with Crippen LogP contribution in [0.3, 0.4) is 0 Å². The highest BCUT2D eigenvalue weighted by Crippen LogP contribution is 2.38. The summed E-state index contributed by atoms with van der Waals surface area (Å²) < 4.78 is 5.60. The fourth-order valence-corrected chi connectivity index (χ4v) is 3.76. The van der Waals surface area contributed by atoms with Crippen LogP contribution < -0.4 is 5.32 Å². The summed E-state index contributed by atoms with van der Waals surface area (Å²) in [5, 5.41) is 4.34. The van der Waals surface area contributed by atoms with Crippen LogP contribution in [0.1, 0.15) is 35.8 Å². The lowest BCUT2D eigenvalue weighted by Gasteiger charge is -2.39. The van der Waals surface area contributed by atoms with Crippen molar-refractivity contribution in [1.29, 1.82) is 0 Å². The summed E-state index contributed by atoms with van der Waals surface area (Å²) in [4.78, 5) is 15.9. The van der Waals surface area contributed by atoms with Crippen molar-refractivity contribution in [2.24, 2.45) is 5.92 Å². The van der Waals surface area contributed by atoms with E-state index in [1.54, 1.807) is 0 Å². The van der Waals surface area contributed by atoms with E-state index in [0.29, 0.717) is 12.0 Å². The molecule has 0 unspecified atom stereocenters. The molecule has 2 aliphatic rings. The van der Waals surface area contributed by atoms with Gasteiger partial charge in [-0.15, -0.1) is 0 Å². The molecule has 1 aliphatic heterocycles. The van der Waals surface area contributed by atoms with Gasteiger partial charge < -0.3 is 15.0 Å². The van der Waals surface area contributed by atoms with Crippen molar-refractivity contribution in [3.8, 4) is 0 Å². The Balaban J connectivity index is 1.59. The van der Waals surface area contributed by atoms with Crippen LogP contribution in [0.2, 0.25) is 0 Å². The molecule has 2 heterocycles. The van der Waals surface area contributed by atoms with Crippen LogP contribution in [-0.2, 0) is 11.2 Å². The summed E-state index contributed by atoms with van der Waals surface area (Å²) in [6, 6.07) is 8.39. The lowest BCUT2D eigenvalue weighted by Crippen LogP contribution is -2.53. The Morgan fingerprint density at radius 3 is 3.10 bits per heavy atom. The molecular formula is C17H20N2O2. The van der Waals surface area contributed by atoms with E-state index >= 15 is 0 Å². The molecule has 21 heavy (non-hydrogen) atoms. The van der Waals surface area contributed by atoms with Crippen LogP contribution in [0.4, 0.5) is 0 Å². The molecule has 1 aromatic carbocycles. The monoisotopic (exact) mass is 284 g/mol. The number of hydrogen-bond donors (Lipinski definition) is 2. The van der Waals surface area contributed by atoms with Gasteiger partial charge in [-0.05, 0) is 30.9 Å². The van der Waals surface area contributed by atoms with Gasteiger partial charge in [-0.1, -0.05) is 25.1 Å². The maximum absolute atomic E-state index is 12.6. The number of carbonyl (C=O) groups excluding carboxylic acids is 1. The van der Waals surface area contributed by atoms with Gasteiger partial charge in [0.2, 0.25) is 0 Å². The maximum atomic E-state index is 12.6. The normalized spacial score (nSPS) is 27.4. The first-order chi connectivity index (χ1) is 10.3. The maximum Gasteiger partial charge on any atom is 0.268 e. The van der Waals surface area contributed by atoms with Gasteiger partial charge in [-0.3, -0.25) is 4.79 Å². The molecule has 0 bridgehead atoms. The quantitative estimate of drug-likeness (QED) is 0.910. The summed E-state index contributed by atoms with van der Waals surface area (Å²) >= 11 is 0. The minimum atomic E-state index is 0.0263. The standard InChI is InChI=1S/C17H20N2O2/c1-2-10-11-5-3-4-6-13(11)18-16(10)17(20)19-14-9-15-12(14)7-8-21-15/h3-6,12,14-15,18H,2,7-9H2,1H3,(H,19,20)/t12-,14+,15+/m1/s1. The Morgan fingerprint density at radius 1 is 1.43 bits per heavy atom. The van der Waals surface area contributed by atoms with Crippen molar-refractivity contribution in [3.63, 3.8) is 0 Å². The first-order valence-corrected chi connectivity index (χ1v) is 7.80. The molecule has 1 aromatic heterocycles. The van der Waals surface area contributed by atoms with Gasteiger partial charge in [0.05, 0.1) is 6.10 Å². The van der Waals surface area contributed by atoms with E-state index in [4.69, 9.17) is 4.74 Å². The molecule has 2 aromatic rings. The number of ether oxygens (including phenoxy) is 1. The SMILES string of the molecule is CCc1c(C(=O)N[C@H]2C[C@@H]3OCC[C@H]23)[nH]c2ccccc12. The average molecular weight is 284 g/mol. The molecular weight excluding hydrogens is 264 g/mol. The van der Waals surface area contributed by atoms with Gasteiger partial charge in [0.1, 0.15) is 5.69 Å². The van der Waals surface area contributed by atoms with Gasteiger partial charge in [0, 0.05) is 29.5 Å². The highest BCUT2D eigenvalue weighted by molar-refractivity contribution is 6.01. The number of nitrogens with one attached hydrogen (secondary N) is 2. The summed E-state index contributed by atoms with van der Waals surface area (Å²) in [6.45, 7) is 2.94. The molecule has 4 heteroatoms. The van der Waals surface area contributed by atoms with Gasteiger partial charge in [-0.25, -0.2) is 0 Å². The van der Waals surface area contributed by atoms with E-state index in [0.717, 1.165) is 48.0 Å². The zero-order valence-electron chi connectivity index (χ0n) is 12.2. The molecule has 1 amide bonds. The van der Waals surface area contributed by atoms with Crippen LogP contribution in [0.15, 0.2) is 24.3 Å². The smallest absolute Gasteiger partial charge is 0.268 e. The molecule has 3 atom stereocenters. The second-order valence-corrected chi connectivity index (χ2v) is 6.06. The van der Waals surface area contributed by atoms with Crippen molar-refractivity contribution in [2.75, 3.05) is 6.61 Å². The molecule has 4 rings (SSSR count). The summed E-state index contributed by atoms with van der Waals surface area (Å²) in [7, 11) is 0. The molecule has 0 radical (unpaired) electrons. The molecule has 1 aliphatic carbocycles.